The van der Waals surface area contributed by atoms with E-state index in [0.29, 0.717) is 12.1 Å². The van der Waals surface area contributed by atoms with Crippen LogP contribution < -0.4 is 5.73 Å². The van der Waals surface area contributed by atoms with Crippen LogP contribution in [-0.2, 0) is 12.5 Å². The molecular weight excluding hydrogens is 253 g/mol. The minimum Gasteiger partial charge on any atom is -0.331 e. The highest BCUT2D eigenvalue weighted by Crippen LogP contribution is 2.41. The van der Waals surface area contributed by atoms with Gasteiger partial charge < -0.3 is 10.3 Å². The van der Waals surface area contributed by atoms with Crippen LogP contribution in [0.1, 0.15) is 38.4 Å². The Morgan fingerprint density at radius 1 is 1.40 bits per heavy atom. The lowest BCUT2D eigenvalue weighted by Crippen LogP contribution is -2.40. The fourth-order valence-electron chi connectivity index (χ4n) is 3.49. The normalized spacial score (nSPS) is 27.1. The van der Waals surface area contributed by atoms with E-state index in [0.717, 1.165) is 30.1 Å². The van der Waals surface area contributed by atoms with E-state index >= 15 is 0 Å². The first-order valence-corrected chi connectivity index (χ1v) is 7.39. The molecule has 2 N–H and O–H groups in total. The fourth-order valence-corrected chi connectivity index (χ4v) is 3.49. The van der Waals surface area contributed by atoms with Crippen molar-refractivity contribution in [2.75, 3.05) is 6.54 Å². The lowest BCUT2D eigenvalue weighted by molar-refractivity contribution is 0.233. The van der Waals surface area contributed by atoms with Gasteiger partial charge >= 0.3 is 0 Å². The maximum Gasteiger partial charge on any atom is 0.151 e. The molecule has 0 unspecified atom stereocenters. The van der Waals surface area contributed by atoms with Crippen LogP contribution in [0.5, 0.6) is 0 Å². The molecule has 1 aliphatic carbocycles. The van der Waals surface area contributed by atoms with Crippen molar-refractivity contribution in [1.82, 2.24) is 9.55 Å². The van der Waals surface area contributed by atoms with Gasteiger partial charge in [0.25, 0.3) is 0 Å². The molecule has 3 rings (SSSR count). The summed E-state index contributed by atoms with van der Waals surface area (Å²) in [4.78, 5) is 4.61. The van der Waals surface area contributed by atoms with Crippen molar-refractivity contribution in [2.45, 2.75) is 38.0 Å². The Morgan fingerprint density at radius 3 is 2.70 bits per heavy atom. The van der Waals surface area contributed by atoms with E-state index in [2.05, 4.69) is 11.9 Å². The number of fused-ring (bicyclic) bond motifs is 1. The largest absolute Gasteiger partial charge is 0.331 e. The van der Waals surface area contributed by atoms with Crippen LogP contribution in [0.4, 0.5) is 4.39 Å². The number of aryl methyl sites for hydroxylation is 1. The van der Waals surface area contributed by atoms with Crippen LogP contribution >= 0.6 is 0 Å². The molecule has 0 spiro atoms. The molecule has 0 radical (unpaired) electrons. The van der Waals surface area contributed by atoms with Crippen molar-refractivity contribution < 1.29 is 4.39 Å². The van der Waals surface area contributed by atoms with Gasteiger partial charge in [-0.2, -0.15) is 0 Å². The number of nitrogens with zero attached hydrogens (tertiary/aromatic N) is 2. The van der Waals surface area contributed by atoms with E-state index in [1.54, 1.807) is 6.07 Å². The average molecular weight is 275 g/mol. The number of hydrogen-bond donors (Lipinski definition) is 1. The number of benzene rings is 1. The molecule has 2 aromatic rings. The molecule has 1 aromatic heterocycles. The lowest BCUT2D eigenvalue weighted by atomic mass is 9.70. The first-order chi connectivity index (χ1) is 9.57. The summed E-state index contributed by atoms with van der Waals surface area (Å²) in [7, 11) is 1.97. The molecular formula is C16H22FN3. The molecule has 0 saturated heterocycles. The summed E-state index contributed by atoms with van der Waals surface area (Å²) in [6.07, 6.45) is 4.43. The minimum atomic E-state index is -0.249. The van der Waals surface area contributed by atoms with Crippen molar-refractivity contribution >= 4 is 11.0 Å². The summed E-state index contributed by atoms with van der Waals surface area (Å²) >= 11 is 0. The molecule has 3 nitrogen and oxygen atoms in total. The third-order valence-electron chi connectivity index (χ3n) is 4.96. The fraction of sp³-hybridized carbons (Fsp3) is 0.562. The molecule has 4 heteroatoms. The molecule has 1 aliphatic rings. The number of halogens is 1. The second-order valence-corrected chi connectivity index (χ2v) is 6.27. The number of aromatic nitrogens is 2. The van der Waals surface area contributed by atoms with Crippen LogP contribution in [0, 0.1) is 11.7 Å². The maximum atomic E-state index is 13.9. The highest BCUT2D eigenvalue weighted by Gasteiger charge is 2.38. The molecule has 108 valence electrons. The zero-order valence-corrected chi connectivity index (χ0v) is 12.2. The highest BCUT2D eigenvalue weighted by molar-refractivity contribution is 5.76. The predicted octanol–water partition coefficient (Wildman–Crippen LogP) is 3.12. The van der Waals surface area contributed by atoms with Crippen LogP contribution in [0.25, 0.3) is 11.0 Å². The Kier molecular flexibility index (Phi) is 3.28. The van der Waals surface area contributed by atoms with Gasteiger partial charge in [0.1, 0.15) is 11.3 Å². The third-order valence-corrected chi connectivity index (χ3v) is 4.96. The molecule has 0 amide bonds. The van der Waals surface area contributed by atoms with E-state index in [1.807, 2.05) is 17.7 Å². The van der Waals surface area contributed by atoms with Gasteiger partial charge in [-0.05, 0) is 43.7 Å². The third kappa shape index (κ3) is 1.94. The molecule has 20 heavy (non-hydrogen) atoms. The topological polar surface area (TPSA) is 43.8 Å². The van der Waals surface area contributed by atoms with Crippen LogP contribution in [0.2, 0.25) is 0 Å². The minimum absolute atomic E-state index is 0.0906. The van der Waals surface area contributed by atoms with Gasteiger partial charge in [0.15, 0.2) is 5.82 Å². The van der Waals surface area contributed by atoms with Crippen molar-refractivity contribution in [3.05, 3.63) is 29.8 Å². The maximum absolute atomic E-state index is 13.9. The van der Waals surface area contributed by atoms with Gasteiger partial charge in [0, 0.05) is 19.0 Å². The van der Waals surface area contributed by atoms with E-state index in [9.17, 15) is 4.39 Å². The second kappa shape index (κ2) is 4.85. The van der Waals surface area contributed by atoms with E-state index < -0.39 is 0 Å². The van der Waals surface area contributed by atoms with E-state index in [4.69, 9.17) is 5.73 Å². The number of rotatable bonds is 2. The Bertz CT molecular complexity index is 624. The van der Waals surface area contributed by atoms with Gasteiger partial charge in [0.2, 0.25) is 0 Å². The van der Waals surface area contributed by atoms with E-state index in [1.165, 1.54) is 18.9 Å². The van der Waals surface area contributed by atoms with Crippen LogP contribution in [0.15, 0.2) is 18.2 Å². The van der Waals surface area contributed by atoms with Gasteiger partial charge in [-0.1, -0.05) is 13.0 Å². The molecule has 1 aromatic carbocycles. The first-order valence-electron chi connectivity index (χ1n) is 7.39. The zero-order chi connectivity index (χ0) is 14.3. The number of imidazole rings is 1. The summed E-state index contributed by atoms with van der Waals surface area (Å²) < 4.78 is 16.0. The van der Waals surface area contributed by atoms with E-state index in [-0.39, 0.29) is 11.2 Å². The number of nitrogens with two attached hydrogens (primary N) is 1. The quantitative estimate of drug-likeness (QED) is 0.915. The Morgan fingerprint density at radius 2 is 2.10 bits per heavy atom. The molecule has 1 heterocycles. The van der Waals surface area contributed by atoms with Crippen molar-refractivity contribution in [1.29, 1.82) is 0 Å². The lowest BCUT2D eigenvalue weighted by Gasteiger charge is -2.37. The van der Waals surface area contributed by atoms with Crippen LogP contribution in [-0.4, -0.2) is 16.1 Å². The molecule has 0 atom stereocenters. The van der Waals surface area contributed by atoms with Crippen molar-refractivity contribution in [3.63, 3.8) is 0 Å². The van der Waals surface area contributed by atoms with Gasteiger partial charge in [-0.3, -0.25) is 0 Å². The van der Waals surface area contributed by atoms with Crippen molar-refractivity contribution in [3.8, 4) is 0 Å². The Balaban J connectivity index is 2.13. The Labute approximate surface area is 119 Å². The summed E-state index contributed by atoms with van der Waals surface area (Å²) in [5.74, 6) is 1.45. The molecule has 1 saturated carbocycles. The first kappa shape index (κ1) is 13.6. The molecule has 0 aliphatic heterocycles. The highest BCUT2D eigenvalue weighted by atomic mass is 19.1. The van der Waals surface area contributed by atoms with Crippen molar-refractivity contribution in [2.24, 2.45) is 18.7 Å². The monoisotopic (exact) mass is 275 g/mol. The smallest absolute Gasteiger partial charge is 0.151 e. The summed E-state index contributed by atoms with van der Waals surface area (Å²) in [6, 6.07) is 5.13. The SMILES string of the molecule is CC1CCC(CN)(c2nc3c(F)cccc3n2C)CC1. The summed E-state index contributed by atoms with van der Waals surface area (Å²) in [5, 5.41) is 0. The molecule has 0 bridgehead atoms. The standard InChI is InChI=1S/C16H22FN3/c1-11-6-8-16(10-18,9-7-11)15-19-14-12(17)4-3-5-13(14)20(15)2/h3-5,11H,6-10,18H2,1-2H3. The molecule has 1 fully saturated rings. The number of para-hydroxylation sites is 1. The summed E-state index contributed by atoms with van der Waals surface area (Å²) in [6.45, 7) is 2.87. The second-order valence-electron chi connectivity index (χ2n) is 6.27. The van der Waals surface area contributed by atoms with Crippen LogP contribution in [0.3, 0.4) is 0 Å². The zero-order valence-electron chi connectivity index (χ0n) is 12.2. The van der Waals surface area contributed by atoms with Gasteiger partial charge in [0.05, 0.1) is 5.52 Å². The predicted molar refractivity (Wildman–Crippen MR) is 79.0 cm³/mol. The summed E-state index contributed by atoms with van der Waals surface area (Å²) in [5.41, 5.74) is 7.33. The Hall–Kier alpha value is -1.42. The number of hydrogen-bond acceptors (Lipinski definition) is 2. The average Bonchev–Trinajstić information content (AvgIpc) is 2.80. The van der Waals surface area contributed by atoms with Gasteiger partial charge in [-0.15, -0.1) is 0 Å². The van der Waals surface area contributed by atoms with Gasteiger partial charge in [-0.25, -0.2) is 9.37 Å².